The van der Waals surface area contributed by atoms with E-state index in [4.69, 9.17) is 16.1 Å². The number of aromatic nitrogens is 2. The van der Waals surface area contributed by atoms with Gasteiger partial charge in [0.05, 0.1) is 0 Å². The third-order valence-electron chi connectivity index (χ3n) is 3.11. The highest BCUT2D eigenvalue weighted by atomic mass is 35.5. The van der Waals surface area contributed by atoms with Crippen LogP contribution in [0.25, 0.3) is 0 Å². The number of carbonyl (C=O) groups excluding carboxylic acids is 1. The number of carbonyl (C=O) groups is 1. The van der Waals surface area contributed by atoms with Crippen molar-refractivity contribution in [1.82, 2.24) is 15.5 Å². The molecule has 0 saturated heterocycles. The van der Waals surface area contributed by atoms with E-state index < -0.39 is 0 Å². The van der Waals surface area contributed by atoms with Crippen molar-refractivity contribution in [3.8, 4) is 0 Å². The lowest BCUT2D eigenvalue weighted by Gasteiger charge is -2.10. The summed E-state index contributed by atoms with van der Waals surface area (Å²) >= 11 is 5.82. The Morgan fingerprint density at radius 1 is 1.27 bits per heavy atom. The van der Waals surface area contributed by atoms with Crippen LogP contribution in [0.2, 0.25) is 5.02 Å². The Hall–Kier alpha value is -1.88. The zero-order valence-corrected chi connectivity index (χ0v) is 13.8. The van der Waals surface area contributed by atoms with Crippen molar-refractivity contribution >= 4 is 17.5 Å². The van der Waals surface area contributed by atoms with E-state index in [1.807, 2.05) is 32.9 Å². The molecular weight excluding hydrogens is 302 g/mol. The minimum absolute atomic E-state index is 0.0505. The minimum atomic E-state index is -0.154. The van der Waals surface area contributed by atoms with Gasteiger partial charge in [0.25, 0.3) is 0 Å². The van der Waals surface area contributed by atoms with Gasteiger partial charge in [-0.1, -0.05) is 49.7 Å². The van der Waals surface area contributed by atoms with Crippen molar-refractivity contribution < 1.29 is 9.32 Å². The normalized spacial score (nSPS) is 11.5. The highest BCUT2D eigenvalue weighted by molar-refractivity contribution is 6.30. The maximum absolute atomic E-state index is 11.8. The molecule has 0 atom stereocenters. The molecule has 0 fully saturated rings. The molecule has 1 heterocycles. The summed E-state index contributed by atoms with van der Waals surface area (Å²) in [6.45, 7) is 6.52. The second-order valence-electron chi connectivity index (χ2n) is 6.16. The first kappa shape index (κ1) is 16.5. The molecule has 1 aromatic carbocycles. The summed E-state index contributed by atoms with van der Waals surface area (Å²) in [6.07, 6.45) is 0.759. The smallest absolute Gasteiger partial charge is 0.227 e. The van der Waals surface area contributed by atoms with Crippen LogP contribution in [0.1, 0.15) is 44.5 Å². The van der Waals surface area contributed by atoms with Crippen molar-refractivity contribution in [2.75, 3.05) is 0 Å². The Morgan fingerprint density at radius 2 is 1.95 bits per heavy atom. The number of amides is 1. The van der Waals surface area contributed by atoms with Crippen molar-refractivity contribution in [2.24, 2.45) is 0 Å². The molecule has 0 unspecified atom stereocenters. The second kappa shape index (κ2) is 6.92. The number of aryl methyl sites for hydroxylation is 1. The van der Waals surface area contributed by atoms with E-state index in [1.54, 1.807) is 12.1 Å². The molecule has 22 heavy (non-hydrogen) atoms. The molecule has 0 spiro atoms. The molecule has 1 amide bonds. The van der Waals surface area contributed by atoms with Crippen LogP contribution in [0.3, 0.4) is 0 Å². The van der Waals surface area contributed by atoms with E-state index in [1.165, 1.54) is 0 Å². The number of nitrogens with zero attached hydrogens (tertiary/aromatic N) is 2. The molecule has 118 valence electrons. The van der Waals surface area contributed by atoms with E-state index in [0.717, 1.165) is 5.56 Å². The van der Waals surface area contributed by atoms with Crippen molar-refractivity contribution in [3.05, 3.63) is 46.6 Å². The predicted molar refractivity (Wildman–Crippen MR) is 84.6 cm³/mol. The van der Waals surface area contributed by atoms with Crippen LogP contribution in [0.4, 0.5) is 0 Å². The SMILES string of the molecule is CC(C)(C)c1noc(CCC(=O)NCc2ccc(Cl)cc2)n1. The van der Waals surface area contributed by atoms with Gasteiger partial charge in [-0.2, -0.15) is 4.98 Å². The molecule has 0 aliphatic carbocycles. The van der Waals surface area contributed by atoms with E-state index in [-0.39, 0.29) is 11.3 Å². The van der Waals surface area contributed by atoms with Crippen molar-refractivity contribution in [3.63, 3.8) is 0 Å². The van der Waals surface area contributed by atoms with Gasteiger partial charge in [0, 0.05) is 29.8 Å². The summed E-state index contributed by atoms with van der Waals surface area (Å²) in [5, 5.41) is 7.47. The predicted octanol–water partition coefficient (Wildman–Crippen LogP) is 3.27. The van der Waals surface area contributed by atoms with Gasteiger partial charge in [-0.15, -0.1) is 0 Å². The molecule has 5 nitrogen and oxygen atoms in total. The third kappa shape index (κ3) is 4.84. The molecule has 0 saturated carbocycles. The number of halogens is 1. The van der Waals surface area contributed by atoms with Crippen molar-refractivity contribution in [2.45, 2.75) is 45.6 Å². The monoisotopic (exact) mass is 321 g/mol. The Balaban J connectivity index is 1.78. The lowest BCUT2D eigenvalue weighted by atomic mass is 9.96. The van der Waals surface area contributed by atoms with Gasteiger partial charge in [-0.25, -0.2) is 0 Å². The van der Waals surface area contributed by atoms with Crippen LogP contribution in [-0.2, 0) is 23.2 Å². The fraction of sp³-hybridized carbons (Fsp3) is 0.438. The fourth-order valence-electron chi connectivity index (χ4n) is 1.77. The third-order valence-corrected chi connectivity index (χ3v) is 3.36. The standard InChI is InChI=1S/C16H20ClN3O2/c1-16(2,3)15-19-14(22-20-15)9-8-13(21)18-10-11-4-6-12(17)7-5-11/h4-7H,8-10H2,1-3H3,(H,18,21). The summed E-state index contributed by atoms with van der Waals surface area (Å²) in [4.78, 5) is 16.1. The average molecular weight is 322 g/mol. The summed E-state index contributed by atoms with van der Waals surface area (Å²) in [5.74, 6) is 1.10. The molecular formula is C16H20ClN3O2. The van der Waals surface area contributed by atoms with Gasteiger partial charge in [0.1, 0.15) is 0 Å². The van der Waals surface area contributed by atoms with Crippen LogP contribution < -0.4 is 5.32 Å². The molecule has 0 aliphatic heterocycles. The first-order valence-electron chi connectivity index (χ1n) is 7.19. The fourth-order valence-corrected chi connectivity index (χ4v) is 1.90. The van der Waals surface area contributed by atoms with Gasteiger partial charge >= 0.3 is 0 Å². The van der Waals surface area contributed by atoms with Crippen LogP contribution >= 0.6 is 11.6 Å². The summed E-state index contributed by atoms with van der Waals surface area (Å²) < 4.78 is 5.16. The number of hydrogen-bond acceptors (Lipinski definition) is 4. The summed E-state index contributed by atoms with van der Waals surface area (Å²) in [6, 6.07) is 7.37. The Morgan fingerprint density at radius 3 is 2.55 bits per heavy atom. The van der Waals surface area contributed by atoms with Gasteiger partial charge < -0.3 is 9.84 Å². The van der Waals surface area contributed by atoms with Crippen LogP contribution in [0.15, 0.2) is 28.8 Å². The van der Waals surface area contributed by atoms with E-state index in [0.29, 0.717) is 36.1 Å². The Kier molecular flexibility index (Phi) is 5.19. The zero-order valence-electron chi connectivity index (χ0n) is 13.0. The van der Waals surface area contributed by atoms with E-state index >= 15 is 0 Å². The quantitative estimate of drug-likeness (QED) is 0.917. The average Bonchev–Trinajstić information content (AvgIpc) is 2.93. The van der Waals surface area contributed by atoms with Gasteiger partial charge in [-0.3, -0.25) is 4.79 Å². The summed E-state index contributed by atoms with van der Waals surface area (Å²) in [5.41, 5.74) is 0.851. The largest absolute Gasteiger partial charge is 0.352 e. The first-order chi connectivity index (χ1) is 10.3. The Bertz CT molecular complexity index is 630. The van der Waals surface area contributed by atoms with Gasteiger partial charge in [0.15, 0.2) is 5.82 Å². The Labute approximate surface area is 135 Å². The maximum atomic E-state index is 11.8. The molecule has 0 bridgehead atoms. The first-order valence-corrected chi connectivity index (χ1v) is 7.56. The number of benzene rings is 1. The number of nitrogens with one attached hydrogen (secondary N) is 1. The lowest BCUT2D eigenvalue weighted by Crippen LogP contribution is -2.23. The van der Waals surface area contributed by atoms with E-state index in [9.17, 15) is 4.79 Å². The molecule has 0 radical (unpaired) electrons. The molecule has 1 N–H and O–H groups in total. The summed E-state index contributed by atoms with van der Waals surface area (Å²) in [7, 11) is 0. The topological polar surface area (TPSA) is 68.0 Å². The minimum Gasteiger partial charge on any atom is -0.352 e. The van der Waals surface area contributed by atoms with Crippen LogP contribution in [0, 0.1) is 0 Å². The maximum Gasteiger partial charge on any atom is 0.227 e. The highest BCUT2D eigenvalue weighted by Crippen LogP contribution is 2.18. The zero-order chi connectivity index (χ0) is 16.2. The van der Waals surface area contributed by atoms with Crippen LogP contribution in [-0.4, -0.2) is 16.0 Å². The molecule has 0 aliphatic rings. The van der Waals surface area contributed by atoms with Crippen molar-refractivity contribution in [1.29, 1.82) is 0 Å². The molecule has 2 rings (SSSR count). The molecule has 2 aromatic rings. The van der Waals surface area contributed by atoms with Gasteiger partial charge in [-0.05, 0) is 17.7 Å². The second-order valence-corrected chi connectivity index (χ2v) is 6.60. The number of hydrogen-bond donors (Lipinski definition) is 1. The van der Waals surface area contributed by atoms with Gasteiger partial charge in [0.2, 0.25) is 11.8 Å². The van der Waals surface area contributed by atoms with Crippen LogP contribution in [0.5, 0.6) is 0 Å². The number of rotatable bonds is 5. The molecule has 6 heteroatoms. The molecule has 1 aromatic heterocycles. The van der Waals surface area contributed by atoms with E-state index in [2.05, 4.69) is 15.5 Å². The lowest BCUT2D eigenvalue weighted by molar-refractivity contribution is -0.121. The highest BCUT2D eigenvalue weighted by Gasteiger charge is 2.21.